The lowest BCUT2D eigenvalue weighted by Gasteiger charge is -2.11. The highest BCUT2D eigenvalue weighted by Crippen LogP contribution is 2.40. The number of nitrogens with zero attached hydrogens (tertiary/aromatic N) is 1. The number of ether oxygens (including phenoxy) is 2. The van der Waals surface area contributed by atoms with Gasteiger partial charge in [0.15, 0.2) is 11.5 Å². The molecular formula is C8H9BNO6. The van der Waals surface area contributed by atoms with E-state index in [4.69, 9.17) is 14.5 Å². The maximum absolute atomic E-state index is 10.6. The number of methoxy groups -OCH3 is 2. The highest BCUT2D eigenvalue weighted by atomic mass is 16.6. The summed E-state index contributed by atoms with van der Waals surface area (Å²) in [6.07, 6.45) is 0. The molecule has 0 heterocycles. The summed E-state index contributed by atoms with van der Waals surface area (Å²) in [6.45, 7) is 0. The molecule has 0 amide bonds. The van der Waals surface area contributed by atoms with E-state index in [-0.39, 0.29) is 22.9 Å². The van der Waals surface area contributed by atoms with Crippen molar-refractivity contribution in [1.82, 2.24) is 0 Å². The third kappa shape index (κ3) is 2.34. The minimum absolute atomic E-state index is 0.00366. The van der Waals surface area contributed by atoms with E-state index in [0.717, 1.165) is 6.07 Å². The van der Waals surface area contributed by atoms with Gasteiger partial charge in [-0.1, -0.05) is 0 Å². The van der Waals surface area contributed by atoms with Crippen LogP contribution in [0.5, 0.6) is 17.2 Å². The van der Waals surface area contributed by atoms with E-state index in [1.54, 1.807) is 0 Å². The number of non-ortho nitro benzene ring substituents is 1. The van der Waals surface area contributed by atoms with Crippen molar-refractivity contribution in [2.24, 2.45) is 0 Å². The van der Waals surface area contributed by atoms with Gasteiger partial charge in [-0.3, -0.25) is 10.1 Å². The van der Waals surface area contributed by atoms with E-state index in [1.165, 1.54) is 20.3 Å². The second-order valence-electron chi connectivity index (χ2n) is 2.66. The van der Waals surface area contributed by atoms with E-state index in [2.05, 4.69) is 4.65 Å². The number of rotatable bonds is 5. The average molecular weight is 226 g/mol. The van der Waals surface area contributed by atoms with Crippen molar-refractivity contribution in [3.63, 3.8) is 0 Å². The minimum Gasteiger partial charge on any atom is -0.535 e. The van der Waals surface area contributed by atoms with Crippen LogP contribution in [0.2, 0.25) is 0 Å². The van der Waals surface area contributed by atoms with Crippen molar-refractivity contribution in [3.8, 4) is 17.2 Å². The Morgan fingerprint density at radius 3 is 2.38 bits per heavy atom. The van der Waals surface area contributed by atoms with Crippen LogP contribution in [0.3, 0.4) is 0 Å². The first-order chi connectivity index (χ1) is 7.63. The molecule has 0 aliphatic rings. The number of nitro groups is 1. The molecule has 0 fully saturated rings. The van der Waals surface area contributed by atoms with Gasteiger partial charge in [-0.15, -0.1) is 0 Å². The first-order valence-corrected chi connectivity index (χ1v) is 4.17. The number of benzene rings is 1. The predicted octanol–water partition coefficient (Wildman–Crippen LogP) is 0.517. The highest BCUT2D eigenvalue weighted by Gasteiger charge is 2.19. The largest absolute Gasteiger partial charge is 0.569 e. The molecule has 8 heteroatoms. The molecule has 7 nitrogen and oxygen atoms in total. The van der Waals surface area contributed by atoms with Gasteiger partial charge in [-0.25, -0.2) is 0 Å². The number of hydrogen-bond donors (Lipinski definition) is 1. The lowest BCUT2D eigenvalue weighted by atomic mass is 10.2. The van der Waals surface area contributed by atoms with Crippen molar-refractivity contribution in [1.29, 1.82) is 0 Å². The van der Waals surface area contributed by atoms with Gasteiger partial charge in [0.25, 0.3) is 5.69 Å². The van der Waals surface area contributed by atoms with Crippen molar-refractivity contribution in [2.45, 2.75) is 0 Å². The Morgan fingerprint density at radius 2 is 1.94 bits per heavy atom. The van der Waals surface area contributed by atoms with Gasteiger partial charge in [0.2, 0.25) is 5.75 Å². The van der Waals surface area contributed by atoms with Crippen LogP contribution in [0, 0.1) is 10.1 Å². The smallest absolute Gasteiger partial charge is 0.535 e. The number of nitro benzene ring substituents is 1. The zero-order valence-electron chi connectivity index (χ0n) is 8.67. The Morgan fingerprint density at radius 1 is 1.31 bits per heavy atom. The maximum atomic E-state index is 10.6. The summed E-state index contributed by atoms with van der Waals surface area (Å²) in [5, 5.41) is 19.1. The molecule has 0 aliphatic carbocycles. The van der Waals surface area contributed by atoms with Crippen molar-refractivity contribution in [2.75, 3.05) is 14.2 Å². The first kappa shape index (κ1) is 12.1. The summed E-state index contributed by atoms with van der Waals surface area (Å²) in [7, 11) is 3.10. The third-order valence-corrected chi connectivity index (χ3v) is 1.82. The van der Waals surface area contributed by atoms with E-state index in [1.807, 2.05) is 0 Å². The SMILES string of the molecule is COc1cc([N+](=O)[O-])cc(O[B]O)c1OC. The molecule has 85 valence electrons. The molecule has 1 rings (SSSR count). The highest BCUT2D eigenvalue weighted by molar-refractivity contribution is 6.17. The molecule has 0 atom stereocenters. The Balaban J connectivity index is 3.31. The van der Waals surface area contributed by atoms with Gasteiger partial charge < -0.3 is 19.2 Å². The van der Waals surface area contributed by atoms with E-state index in [0.29, 0.717) is 7.69 Å². The molecule has 16 heavy (non-hydrogen) atoms. The first-order valence-electron chi connectivity index (χ1n) is 4.17. The third-order valence-electron chi connectivity index (χ3n) is 1.82. The monoisotopic (exact) mass is 226 g/mol. The zero-order valence-corrected chi connectivity index (χ0v) is 8.67. The lowest BCUT2D eigenvalue weighted by Crippen LogP contribution is -2.03. The van der Waals surface area contributed by atoms with E-state index >= 15 is 0 Å². The Bertz CT molecular complexity index is 396. The molecule has 0 bridgehead atoms. The van der Waals surface area contributed by atoms with Crippen molar-refractivity contribution >= 4 is 13.4 Å². The predicted molar refractivity (Wildman–Crippen MR) is 54.8 cm³/mol. The second kappa shape index (κ2) is 5.22. The van der Waals surface area contributed by atoms with Crippen molar-refractivity contribution in [3.05, 3.63) is 22.2 Å². The van der Waals surface area contributed by atoms with Crippen LogP contribution in [0.4, 0.5) is 5.69 Å². The van der Waals surface area contributed by atoms with Crippen LogP contribution in [0.1, 0.15) is 0 Å². The quantitative estimate of drug-likeness (QED) is 0.447. The normalized spacial score (nSPS) is 9.44. The Labute approximate surface area is 92.0 Å². The van der Waals surface area contributed by atoms with Crippen LogP contribution in [0.25, 0.3) is 0 Å². The Kier molecular flexibility index (Phi) is 3.95. The second-order valence-corrected chi connectivity index (χ2v) is 2.66. The van der Waals surface area contributed by atoms with Crippen LogP contribution in [-0.4, -0.2) is 31.9 Å². The van der Waals surface area contributed by atoms with Crippen LogP contribution in [0.15, 0.2) is 12.1 Å². The summed E-state index contributed by atoms with van der Waals surface area (Å²) < 4.78 is 14.5. The van der Waals surface area contributed by atoms with Gasteiger partial charge in [-0.05, 0) is 0 Å². The van der Waals surface area contributed by atoms with Gasteiger partial charge in [-0.2, -0.15) is 0 Å². The summed E-state index contributed by atoms with van der Waals surface area (Å²) in [5.41, 5.74) is -0.227. The summed E-state index contributed by atoms with van der Waals surface area (Å²) in [5.74, 6) is 0.308. The maximum Gasteiger partial charge on any atom is 0.569 e. The molecule has 0 saturated heterocycles. The molecule has 1 aromatic carbocycles. The average Bonchev–Trinajstić information content (AvgIpc) is 2.28. The van der Waals surface area contributed by atoms with Crippen molar-refractivity contribution < 1.29 is 24.1 Å². The standard InChI is InChI=1S/C8H9BNO6/c1-14-6-3-5(10(12)13)4-7(16-9-11)8(6)15-2/h3-4,11H,1-2H3. The Hall–Kier alpha value is -1.96. The van der Waals surface area contributed by atoms with Crippen LogP contribution >= 0.6 is 0 Å². The molecule has 0 aromatic heterocycles. The fourth-order valence-corrected chi connectivity index (χ4v) is 1.17. The van der Waals surface area contributed by atoms with E-state index < -0.39 is 4.92 Å². The molecule has 0 unspecified atom stereocenters. The summed E-state index contributed by atoms with van der Waals surface area (Å²) >= 11 is 0. The fraction of sp³-hybridized carbons (Fsp3) is 0.250. The van der Waals surface area contributed by atoms with Gasteiger partial charge in [0, 0.05) is 0 Å². The van der Waals surface area contributed by atoms with E-state index in [9.17, 15) is 10.1 Å². The van der Waals surface area contributed by atoms with Crippen LogP contribution in [-0.2, 0) is 0 Å². The lowest BCUT2D eigenvalue weighted by molar-refractivity contribution is -0.385. The summed E-state index contributed by atoms with van der Waals surface area (Å²) in [6, 6.07) is 2.32. The topological polar surface area (TPSA) is 91.1 Å². The molecule has 0 saturated carbocycles. The molecule has 0 spiro atoms. The minimum atomic E-state index is -0.605. The summed E-state index contributed by atoms with van der Waals surface area (Å²) in [4.78, 5) is 10.0. The fourth-order valence-electron chi connectivity index (χ4n) is 1.17. The molecular weight excluding hydrogens is 217 g/mol. The molecule has 1 N–H and O–H groups in total. The van der Waals surface area contributed by atoms with Gasteiger partial charge in [0.05, 0.1) is 31.3 Å². The number of hydrogen-bond acceptors (Lipinski definition) is 6. The van der Waals surface area contributed by atoms with Gasteiger partial charge in [0.1, 0.15) is 0 Å². The molecule has 0 aliphatic heterocycles. The van der Waals surface area contributed by atoms with Crippen LogP contribution < -0.4 is 14.1 Å². The van der Waals surface area contributed by atoms with Gasteiger partial charge >= 0.3 is 7.69 Å². The molecule has 1 radical (unpaired) electrons. The molecule has 1 aromatic rings. The zero-order chi connectivity index (χ0) is 12.1.